The Morgan fingerprint density at radius 1 is 1.26 bits per heavy atom. The van der Waals surface area contributed by atoms with Crippen LogP contribution in [0.25, 0.3) is 0 Å². The Morgan fingerprint density at radius 2 is 1.89 bits per heavy atom. The summed E-state index contributed by atoms with van der Waals surface area (Å²) in [5, 5.41) is 0. The highest BCUT2D eigenvalue weighted by molar-refractivity contribution is 5.58. The second kappa shape index (κ2) is 4.93. The molecule has 1 aliphatic carbocycles. The van der Waals surface area contributed by atoms with Gasteiger partial charge in [0.15, 0.2) is 11.5 Å². The molecule has 1 unspecified atom stereocenters. The number of rotatable bonds is 4. The molecule has 104 valence electrons. The van der Waals surface area contributed by atoms with Gasteiger partial charge in [-0.1, -0.05) is 0 Å². The van der Waals surface area contributed by atoms with Crippen LogP contribution >= 0.6 is 0 Å². The van der Waals surface area contributed by atoms with Crippen molar-refractivity contribution in [2.75, 3.05) is 26.0 Å². The summed E-state index contributed by atoms with van der Waals surface area (Å²) >= 11 is 0. The third-order valence-electron chi connectivity index (χ3n) is 4.22. The van der Waals surface area contributed by atoms with Crippen molar-refractivity contribution in [3.63, 3.8) is 0 Å². The zero-order valence-electron chi connectivity index (χ0n) is 11.7. The molecule has 1 fully saturated rings. The van der Waals surface area contributed by atoms with Crippen molar-refractivity contribution in [1.82, 2.24) is 4.90 Å². The number of nitrogens with two attached hydrogens (primary N) is 1. The van der Waals surface area contributed by atoms with E-state index in [1.165, 1.54) is 12.8 Å². The molecule has 1 atom stereocenters. The zero-order chi connectivity index (χ0) is 13.4. The molecule has 4 nitrogen and oxygen atoms in total. The van der Waals surface area contributed by atoms with Crippen molar-refractivity contribution in [2.24, 2.45) is 5.92 Å². The van der Waals surface area contributed by atoms with E-state index in [-0.39, 0.29) is 0 Å². The van der Waals surface area contributed by atoms with Crippen LogP contribution in [-0.4, -0.2) is 31.2 Å². The Kier molecular flexibility index (Phi) is 3.27. The molecule has 19 heavy (non-hydrogen) atoms. The molecule has 0 amide bonds. The van der Waals surface area contributed by atoms with Crippen molar-refractivity contribution in [3.05, 3.63) is 17.7 Å². The van der Waals surface area contributed by atoms with Gasteiger partial charge in [0.25, 0.3) is 0 Å². The van der Waals surface area contributed by atoms with Crippen LogP contribution in [0.1, 0.15) is 25.3 Å². The number of ether oxygens (including phenoxy) is 2. The van der Waals surface area contributed by atoms with Gasteiger partial charge in [0.1, 0.15) is 13.2 Å². The molecule has 0 bridgehead atoms. The molecule has 0 radical (unpaired) electrons. The van der Waals surface area contributed by atoms with Crippen molar-refractivity contribution >= 4 is 5.69 Å². The van der Waals surface area contributed by atoms with E-state index in [2.05, 4.69) is 18.9 Å². The van der Waals surface area contributed by atoms with Crippen molar-refractivity contribution in [2.45, 2.75) is 32.4 Å². The number of fused-ring (bicyclic) bond motifs is 1. The minimum absolute atomic E-state index is 0.602. The van der Waals surface area contributed by atoms with Gasteiger partial charge in [-0.2, -0.15) is 0 Å². The normalized spacial score (nSPS) is 19.5. The first-order valence-electron chi connectivity index (χ1n) is 7.03. The molecule has 1 aliphatic heterocycles. The number of hydrogen-bond acceptors (Lipinski definition) is 4. The molecular weight excluding hydrogens is 240 g/mol. The summed E-state index contributed by atoms with van der Waals surface area (Å²) in [6.07, 6.45) is 2.73. The quantitative estimate of drug-likeness (QED) is 0.846. The second-order valence-electron chi connectivity index (χ2n) is 5.69. The van der Waals surface area contributed by atoms with Crippen LogP contribution in [0.15, 0.2) is 12.1 Å². The largest absolute Gasteiger partial charge is 0.486 e. The average Bonchev–Trinajstić information content (AvgIpc) is 3.23. The Labute approximate surface area is 114 Å². The third kappa shape index (κ3) is 2.63. The fourth-order valence-corrected chi connectivity index (χ4v) is 2.63. The van der Waals surface area contributed by atoms with Crippen LogP contribution < -0.4 is 15.2 Å². The Morgan fingerprint density at radius 3 is 2.53 bits per heavy atom. The highest BCUT2D eigenvalue weighted by Crippen LogP contribution is 2.37. The average molecular weight is 262 g/mol. The summed E-state index contributed by atoms with van der Waals surface area (Å²) in [5.41, 5.74) is 8.04. The minimum atomic E-state index is 0.602. The molecule has 3 rings (SSSR count). The topological polar surface area (TPSA) is 47.7 Å². The molecule has 1 aromatic rings. The van der Waals surface area contributed by atoms with E-state index in [0.29, 0.717) is 19.3 Å². The Hall–Kier alpha value is -1.42. The maximum absolute atomic E-state index is 6.12. The lowest BCUT2D eigenvalue weighted by Gasteiger charge is -2.26. The molecule has 4 heteroatoms. The standard InChI is InChI=1S/C15H22N2O2/c1-10(11-3-4-11)17(2)9-12-7-14-15(8-13(12)16)19-6-5-18-14/h7-8,10-11H,3-6,9,16H2,1-2H3. The predicted molar refractivity (Wildman–Crippen MR) is 75.5 cm³/mol. The van der Waals surface area contributed by atoms with Crippen molar-refractivity contribution < 1.29 is 9.47 Å². The summed E-state index contributed by atoms with van der Waals surface area (Å²) in [5.74, 6) is 2.46. The molecular formula is C15H22N2O2. The summed E-state index contributed by atoms with van der Waals surface area (Å²) in [7, 11) is 2.17. The number of nitrogens with zero attached hydrogens (tertiary/aromatic N) is 1. The minimum Gasteiger partial charge on any atom is -0.486 e. The highest BCUT2D eigenvalue weighted by Gasteiger charge is 2.30. The van der Waals surface area contributed by atoms with Gasteiger partial charge >= 0.3 is 0 Å². The van der Waals surface area contributed by atoms with Crippen molar-refractivity contribution in [3.8, 4) is 11.5 Å². The fourth-order valence-electron chi connectivity index (χ4n) is 2.63. The third-order valence-corrected chi connectivity index (χ3v) is 4.22. The smallest absolute Gasteiger partial charge is 0.163 e. The van der Waals surface area contributed by atoms with E-state index in [1.54, 1.807) is 0 Å². The van der Waals surface area contributed by atoms with Crippen LogP contribution in [0.5, 0.6) is 11.5 Å². The van der Waals surface area contributed by atoms with Gasteiger partial charge in [-0.05, 0) is 44.4 Å². The second-order valence-corrected chi connectivity index (χ2v) is 5.69. The molecule has 2 N–H and O–H groups in total. The monoisotopic (exact) mass is 262 g/mol. The first-order valence-corrected chi connectivity index (χ1v) is 7.03. The maximum Gasteiger partial charge on any atom is 0.163 e. The molecule has 1 heterocycles. The van der Waals surface area contributed by atoms with E-state index in [1.807, 2.05) is 12.1 Å². The van der Waals surface area contributed by atoms with Gasteiger partial charge in [0.05, 0.1) is 0 Å². The predicted octanol–water partition coefficient (Wildman–Crippen LogP) is 2.27. The number of benzene rings is 1. The van der Waals surface area contributed by atoms with Crippen LogP contribution in [0.3, 0.4) is 0 Å². The van der Waals surface area contributed by atoms with Gasteiger partial charge in [-0.15, -0.1) is 0 Å². The molecule has 1 aromatic carbocycles. The maximum atomic E-state index is 6.12. The van der Waals surface area contributed by atoms with Crippen LogP contribution in [-0.2, 0) is 6.54 Å². The molecule has 1 saturated carbocycles. The zero-order valence-corrected chi connectivity index (χ0v) is 11.7. The van der Waals surface area contributed by atoms with E-state index in [4.69, 9.17) is 15.2 Å². The van der Waals surface area contributed by atoms with E-state index in [9.17, 15) is 0 Å². The lowest BCUT2D eigenvalue weighted by molar-refractivity contribution is 0.171. The van der Waals surface area contributed by atoms with Gasteiger partial charge in [0.2, 0.25) is 0 Å². The Balaban J connectivity index is 1.76. The summed E-state index contributed by atoms with van der Waals surface area (Å²) < 4.78 is 11.2. The summed E-state index contributed by atoms with van der Waals surface area (Å²) in [6, 6.07) is 4.53. The molecule has 0 spiro atoms. The number of anilines is 1. The highest BCUT2D eigenvalue weighted by atomic mass is 16.6. The summed E-state index contributed by atoms with van der Waals surface area (Å²) in [4.78, 5) is 2.37. The van der Waals surface area contributed by atoms with E-state index in [0.717, 1.165) is 35.2 Å². The van der Waals surface area contributed by atoms with Crippen LogP contribution in [0.2, 0.25) is 0 Å². The first-order chi connectivity index (χ1) is 9.15. The van der Waals surface area contributed by atoms with E-state index < -0.39 is 0 Å². The van der Waals surface area contributed by atoms with Gasteiger partial charge in [-0.25, -0.2) is 0 Å². The molecule has 2 aliphatic rings. The fraction of sp³-hybridized carbons (Fsp3) is 0.600. The van der Waals surface area contributed by atoms with Gasteiger partial charge in [0, 0.05) is 24.3 Å². The summed E-state index contributed by atoms with van der Waals surface area (Å²) in [6.45, 7) is 4.38. The number of hydrogen-bond donors (Lipinski definition) is 1. The number of nitrogen functional groups attached to an aromatic ring is 1. The van der Waals surface area contributed by atoms with Crippen LogP contribution in [0, 0.1) is 5.92 Å². The first kappa shape index (κ1) is 12.6. The SMILES string of the molecule is CC(C1CC1)N(C)Cc1cc2c(cc1N)OCCO2. The van der Waals surface area contributed by atoms with Crippen LogP contribution in [0.4, 0.5) is 5.69 Å². The van der Waals surface area contributed by atoms with Crippen molar-refractivity contribution in [1.29, 1.82) is 0 Å². The van der Waals surface area contributed by atoms with Gasteiger partial charge in [-0.3, -0.25) is 4.90 Å². The van der Waals surface area contributed by atoms with Gasteiger partial charge < -0.3 is 15.2 Å². The lowest BCUT2D eigenvalue weighted by atomic mass is 10.1. The lowest BCUT2D eigenvalue weighted by Crippen LogP contribution is -2.30. The molecule has 0 aromatic heterocycles. The van der Waals surface area contributed by atoms with E-state index >= 15 is 0 Å². The molecule has 0 saturated heterocycles. The Bertz CT molecular complexity index is 471.